The van der Waals surface area contributed by atoms with Gasteiger partial charge in [-0.05, 0) is 30.0 Å². The zero-order valence-corrected chi connectivity index (χ0v) is 9.82. The minimum absolute atomic E-state index is 0.412. The Hall–Kier alpha value is -2.08. The number of rotatable bonds is 2. The summed E-state index contributed by atoms with van der Waals surface area (Å²) in [4.78, 5) is 4.27. The molecule has 6 heteroatoms. The molecule has 0 saturated carbocycles. The average Bonchev–Trinajstić information content (AvgIpc) is 2.97. The van der Waals surface area contributed by atoms with Crippen LogP contribution in [0.15, 0.2) is 32.7 Å². The third-order valence-electron chi connectivity index (χ3n) is 2.42. The Balaban J connectivity index is 2.05. The highest BCUT2D eigenvalue weighted by molar-refractivity contribution is 7.14. The molecular formula is C11H9N3O2S. The van der Waals surface area contributed by atoms with Crippen LogP contribution in [-0.2, 0) is 0 Å². The maximum Gasteiger partial charge on any atom is 0.261 e. The molecule has 3 rings (SSSR count). The van der Waals surface area contributed by atoms with Crippen molar-refractivity contribution in [1.29, 1.82) is 0 Å². The van der Waals surface area contributed by atoms with E-state index in [9.17, 15) is 0 Å². The number of furan rings is 1. The second-order valence-electron chi connectivity index (χ2n) is 3.55. The molecule has 0 aliphatic rings. The van der Waals surface area contributed by atoms with Gasteiger partial charge >= 0.3 is 0 Å². The standard InChI is InChI=1S/C11H9N3O2S/c1-6-2-4-15-8(6)10-13-11(16-14-10)7-3-5-17-9(7)12/h2-5H,12H2,1H3. The molecule has 0 spiro atoms. The van der Waals surface area contributed by atoms with Crippen molar-refractivity contribution in [2.24, 2.45) is 0 Å². The van der Waals surface area contributed by atoms with E-state index in [-0.39, 0.29) is 0 Å². The summed E-state index contributed by atoms with van der Waals surface area (Å²) in [6, 6.07) is 3.70. The first-order chi connectivity index (χ1) is 8.25. The van der Waals surface area contributed by atoms with Gasteiger partial charge in [0.25, 0.3) is 5.89 Å². The zero-order valence-electron chi connectivity index (χ0n) is 9.01. The lowest BCUT2D eigenvalue weighted by molar-refractivity contribution is 0.429. The molecule has 0 aromatic carbocycles. The maximum atomic E-state index is 5.80. The molecule has 2 N–H and O–H groups in total. The van der Waals surface area contributed by atoms with Crippen molar-refractivity contribution in [3.8, 4) is 23.0 Å². The number of nitrogen functional groups attached to an aromatic ring is 1. The van der Waals surface area contributed by atoms with E-state index in [1.165, 1.54) is 11.3 Å². The van der Waals surface area contributed by atoms with Crippen molar-refractivity contribution in [3.05, 3.63) is 29.3 Å². The molecule has 0 fully saturated rings. The molecule has 5 nitrogen and oxygen atoms in total. The Morgan fingerprint density at radius 3 is 2.88 bits per heavy atom. The van der Waals surface area contributed by atoms with Gasteiger partial charge in [-0.25, -0.2) is 0 Å². The Morgan fingerprint density at radius 1 is 1.35 bits per heavy atom. The Labute approximate surface area is 101 Å². The molecule has 86 valence electrons. The number of anilines is 1. The van der Waals surface area contributed by atoms with Crippen LogP contribution in [0.4, 0.5) is 5.00 Å². The number of hydrogen-bond donors (Lipinski definition) is 1. The first-order valence-corrected chi connectivity index (χ1v) is 5.85. The Morgan fingerprint density at radius 2 is 2.24 bits per heavy atom. The molecule has 0 saturated heterocycles. The van der Waals surface area contributed by atoms with E-state index < -0.39 is 0 Å². The minimum Gasteiger partial charge on any atom is -0.461 e. The summed E-state index contributed by atoms with van der Waals surface area (Å²) in [5.74, 6) is 1.47. The maximum absolute atomic E-state index is 5.80. The molecular weight excluding hydrogens is 238 g/mol. The van der Waals surface area contributed by atoms with E-state index >= 15 is 0 Å². The molecule has 3 aromatic heterocycles. The highest BCUT2D eigenvalue weighted by Gasteiger charge is 2.16. The monoisotopic (exact) mass is 247 g/mol. The van der Waals surface area contributed by atoms with Crippen molar-refractivity contribution in [1.82, 2.24) is 10.1 Å². The highest BCUT2D eigenvalue weighted by atomic mass is 32.1. The topological polar surface area (TPSA) is 78.1 Å². The van der Waals surface area contributed by atoms with E-state index in [1.807, 2.05) is 24.4 Å². The van der Waals surface area contributed by atoms with Crippen molar-refractivity contribution >= 4 is 16.3 Å². The average molecular weight is 247 g/mol. The normalized spacial score (nSPS) is 10.9. The molecule has 0 aliphatic carbocycles. The largest absolute Gasteiger partial charge is 0.461 e. The fourth-order valence-corrected chi connectivity index (χ4v) is 2.16. The van der Waals surface area contributed by atoms with Crippen LogP contribution in [0, 0.1) is 6.92 Å². The molecule has 0 unspecified atom stereocenters. The molecule has 3 aromatic rings. The Bertz CT molecular complexity index is 598. The van der Waals surface area contributed by atoms with Gasteiger partial charge in [-0.15, -0.1) is 11.3 Å². The summed E-state index contributed by atoms with van der Waals surface area (Å²) in [6.07, 6.45) is 1.60. The van der Waals surface area contributed by atoms with Crippen LogP contribution in [0.1, 0.15) is 5.56 Å². The van der Waals surface area contributed by atoms with E-state index in [0.29, 0.717) is 22.5 Å². The number of aryl methyl sites for hydroxylation is 1. The lowest BCUT2D eigenvalue weighted by atomic mass is 10.3. The lowest BCUT2D eigenvalue weighted by Gasteiger charge is -1.89. The number of aromatic nitrogens is 2. The van der Waals surface area contributed by atoms with Gasteiger partial charge in [-0.2, -0.15) is 4.98 Å². The fraction of sp³-hybridized carbons (Fsp3) is 0.0909. The van der Waals surface area contributed by atoms with Crippen molar-refractivity contribution in [2.45, 2.75) is 6.92 Å². The summed E-state index contributed by atoms with van der Waals surface area (Å²) in [5, 5.41) is 6.43. The third-order valence-corrected chi connectivity index (χ3v) is 3.16. The van der Waals surface area contributed by atoms with Gasteiger partial charge in [0.15, 0.2) is 5.76 Å². The zero-order chi connectivity index (χ0) is 11.8. The number of nitrogens with two attached hydrogens (primary N) is 1. The van der Waals surface area contributed by atoms with Gasteiger partial charge in [0.2, 0.25) is 5.82 Å². The van der Waals surface area contributed by atoms with E-state index in [4.69, 9.17) is 14.7 Å². The fourth-order valence-electron chi connectivity index (χ4n) is 1.52. The van der Waals surface area contributed by atoms with Crippen LogP contribution in [0.25, 0.3) is 23.0 Å². The van der Waals surface area contributed by atoms with Crippen molar-refractivity contribution in [2.75, 3.05) is 5.73 Å². The summed E-state index contributed by atoms with van der Waals surface area (Å²) < 4.78 is 10.5. The molecule has 0 radical (unpaired) electrons. The number of nitrogens with zero attached hydrogens (tertiary/aromatic N) is 2. The first-order valence-electron chi connectivity index (χ1n) is 4.97. The van der Waals surface area contributed by atoms with Crippen LogP contribution in [0.5, 0.6) is 0 Å². The smallest absolute Gasteiger partial charge is 0.261 e. The number of thiophene rings is 1. The minimum atomic E-state index is 0.412. The van der Waals surface area contributed by atoms with Gasteiger partial charge in [0.1, 0.15) is 0 Å². The summed E-state index contributed by atoms with van der Waals surface area (Å²) in [7, 11) is 0. The predicted octanol–water partition coefficient (Wildman–Crippen LogP) is 2.95. The van der Waals surface area contributed by atoms with Crippen molar-refractivity contribution < 1.29 is 8.94 Å². The molecule has 17 heavy (non-hydrogen) atoms. The predicted molar refractivity (Wildman–Crippen MR) is 64.5 cm³/mol. The van der Waals surface area contributed by atoms with Crippen molar-refractivity contribution in [3.63, 3.8) is 0 Å². The lowest BCUT2D eigenvalue weighted by Crippen LogP contribution is -1.84. The van der Waals surface area contributed by atoms with Gasteiger partial charge in [-0.3, -0.25) is 0 Å². The highest BCUT2D eigenvalue weighted by Crippen LogP contribution is 2.31. The van der Waals surface area contributed by atoms with Gasteiger partial charge in [0, 0.05) is 0 Å². The van der Waals surface area contributed by atoms with E-state index in [2.05, 4.69) is 10.1 Å². The van der Waals surface area contributed by atoms with Crippen LogP contribution >= 0.6 is 11.3 Å². The molecule has 0 atom stereocenters. The van der Waals surface area contributed by atoms with E-state index in [1.54, 1.807) is 6.26 Å². The van der Waals surface area contributed by atoms with E-state index in [0.717, 1.165) is 11.1 Å². The SMILES string of the molecule is Cc1ccoc1-c1noc(-c2ccsc2N)n1. The first kappa shape index (κ1) is 10.1. The molecule has 0 bridgehead atoms. The van der Waals surface area contributed by atoms with Gasteiger partial charge in [0.05, 0.1) is 16.8 Å². The van der Waals surface area contributed by atoms with Crippen LogP contribution in [0.3, 0.4) is 0 Å². The van der Waals surface area contributed by atoms with Crippen LogP contribution < -0.4 is 5.73 Å². The molecule has 0 aliphatic heterocycles. The quantitative estimate of drug-likeness (QED) is 0.753. The van der Waals surface area contributed by atoms with Gasteiger partial charge in [-0.1, -0.05) is 5.16 Å². The summed E-state index contributed by atoms with van der Waals surface area (Å²) in [6.45, 7) is 1.92. The molecule has 0 amide bonds. The molecule has 3 heterocycles. The second-order valence-corrected chi connectivity index (χ2v) is 4.50. The third kappa shape index (κ3) is 1.62. The van der Waals surface area contributed by atoms with Gasteiger partial charge < -0.3 is 14.7 Å². The van der Waals surface area contributed by atoms with Crippen LogP contribution in [0.2, 0.25) is 0 Å². The second kappa shape index (κ2) is 3.74. The number of hydrogen-bond acceptors (Lipinski definition) is 6. The Kier molecular flexibility index (Phi) is 2.22. The van der Waals surface area contributed by atoms with Crippen LogP contribution in [-0.4, -0.2) is 10.1 Å². The summed E-state index contributed by atoms with van der Waals surface area (Å²) in [5.41, 5.74) is 7.53. The summed E-state index contributed by atoms with van der Waals surface area (Å²) >= 11 is 1.44.